The van der Waals surface area contributed by atoms with E-state index in [0.717, 1.165) is 37.7 Å². The molecule has 0 aliphatic carbocycles. The minimum absolute atomic E-state index is 0.229. The van der Waals surface area contributed by atoms with Crippen molar-refractivity contribution in [2.45, 2.75) is 51.9 Å². The Kier molecular flexibility index (Phi) is 4.35. The smallest absolute Gasteiger partial charge is 0.259 e. The Hall–Kier alpha value is -1.64. The van der Waals surface area contributed by atoms with Crippen molar-refractivity contribution in [3.8, 4) is 0 Å². The lowest BCUT2D eigenvalue weighted by Crippen LogP contribution is -2.20. The number of imide groups is 1. The summed E-state index contributed by atoms with van der Waals surface area (Å²) >= 11 is 0. The van der Waals surface area contributed by atoms with Gasteiger partial charge in [0.1, 0.15) is 0 Å². The zero-order valence-corrected chi connectivity index (χ0v) is 11.7. The summed E-state index contributed by atoms with van der Waals surface area (Å²) in [5.74, 6) is -0.0997. The van der Waals surface area contributed by atoms with E-state index >= 15 is 0 Å². The van der Waals surface area contributed by atoms with Crippen LogP contribution in [0.4, 0.5) is 0 Å². The first-order valence-electron chi connectivity index (χ1n) is 7.17. The normalized spacial score (nSPS) is 15.3. The van der Waals surface area contributed by atoms with Gasteiger partial charge in [-0.2, -0.15) is 0 Å². The highest BCUT2D eigenvalue weighted by atomic mass is 16.2. The average Bonchev–Trinajstić information content (AvgIpc) is 2.70. The van der Waals surface area contributed by atoms with Crippen LogP contribution in [0.5, 0.6) is 0 Å². The summed E-state index contributed by atoms with van der Waals surface area (Å²) in [6, 6.07) is 5.63. The van der Waals surface area contributed by atoms with Crippen LogP contribution in [-0.2, 0) is 0 Å². The van der Waals surface area contributed by atoms with Crippen LogP contribution >= 0.6 is 0 Å². The maximum absolute atomic E-state index is 11.9. The molecule has 102 valence electrons. The van der Waals surface area contributed by atoms with E-state index in [9.17, 15) is 9.59 Å². The molecule has 2 rings (SSSR count). The summed E-state index contributed by atoms with van der Waals surface area (Å²) in [6.07, 6.45) is 5.55. The van der Waals surface area contributed by atoms with Crippen LogP contribution in [0.25, 0.3) is 0 Å². The lowest BCUT2D eigenvalue weighted by molar-refractivity contribution is 0.0879. The largest absolute Gasteiger partial charge is 0.288 e. The minimum atomic E-state index is -0.257. The number of benzene rings is 1. The molecule has 0 radical (unpaired) electrons. The second kappa shape index (κ2) is 6.00. The molecule has 1 heterocycles. The SMILES string of the molecule is CCCCC(CCC)c1cccc2c1C(=O)NC2=O. The molecule has 0 aromatic heterocycles. The summed E-state index contributed by atoms with van der Waals surface area (Å²) in [7, 11) is 0. The Bertz CT molecular complexity index is 494. The Morgan fingerprint density at radius 2 is 1.84 bits per heavy atom. The minimum Gasteiger partial charge on any atom is -0.288 e. The van der Waals surface area contributed by atoms with Crippen LogP contribution in [0.3, 0.4) is 0 Å². The molecule has 1 atom stereocenters. The molecule has 1 aromatic carbocycles. The summed E-state index contributed by atoms with van der Waals surface area (Å²) in [5, 5.41) is 2.40. The first kappa shape index (κ1) is 13.8. The summed E-state index contributed by atoms with van der Waals surface area (Å²) in [4.78, 5) is 23.6. The molecule has 19 heavy (non-hydrogen) atoms. The van der Waals surface area contributed by atoms with Gasteiger partial charge in [-0.25, -0.2) is 0 Å². The Morgan fingerprint density at radius 1 is 1.05 bits per heavy atom. The van der Waals surface area contributed by atoms with Gasteiger partial charge in [-0.15, -0.1) is 0 Å². The molecule has 1 N–H and O–H groups in total. The molecule has 2 amide bonds. The molecule has 1 aromatic rings. The number of carbonyl (C=O) groups is 2. The first-order valence-corrected chi connectivity index (χ1v) is 7.17. The fraction of sp³-hybridized carbons (Fsp3) is 0.500. The van der Waals surface area contributed by atoms with Crippen LogP contribution in [0, 0.1) is 0 Å². The van der Waals surface area contributed by atoms with Gasteiger partial charge < -0.3 is 0 Å². The summed E-state index contributed by atoms with van der Waals surface area (Å²) in [6.45, 7) is 4.34. The predicted octanol–water partition coefficient (Wildman–Crippen LogP) is 3.64. The number of nitrogens with one attached hydrogen (secondary N) is 1. The Labute approximate surface area is 114 Å². The van der Waals surface area contributed by atoms with Gasteiger partial charge in [-0.3, -0.25) is 14.9 Å². The molecular weight excluding hydrogens is 238 g/mol. The second-order valence-corrected chi connectivity index (χ2v) is 5.18. The number of fused-ring (bicyclic) bond motifs is 1. The van der Waals surface area contributed by atoms with Gasteiger partial charge in [-0.1, -0.05) is 45.2 Å². The highest BCUT2D eigenvalue weighted by Crippen LogP contribution is 2.32. The standard InChI is InChI=1S/C16H21NO2/c1-3-5-8-11(7-4-2)12-9-6-10-13-14(12)16(19)17-15(13)18/h6,9-11H,3-5,7-8H2,1-2H3,(H,17,18,19). The maximum Gasteiger partial charge on any atom is 0.259 e. The fourth-order valence-corrected chi connectivity index (χ4v) is 2.84. The van der Waals surface area contributed by atoms with Gasteiger partial charge in [-0.05, 0) is 30.4 Å². The number of rotatable bonds is 6. The number of hydrogen-bond donors (Lipinski definition) is 1. The van der Waals surface area contributed by atoms with E-state index in [1.807, 2.05) is 12.1 Å². The van der Waals surface area contributed by atoms with Crippen LogP contribution < -0.4 is 5.32 Å². The fourth-order valence-electron chi connectivity index (χ4n) is 2.84. The molecule has 3 heteroatoms. The highest BCUT2D eigenvalue weighted by Gasteiger charge is 2.31. The van der Waals surface area contributed by atoms with E-state index in [1.165, 1.54) is 0 Å². The zero-order chi connectivity index (χ0) is 13.8. The third kappa shape index (κ3) is 2.70. The molecule has 0 bridgehead atoms. The zero-order valence-electron chi connectivity index (χ0n) is 11.7. The van der Waals surface area contributed by atoms with E-state index < -0.39 is 0 Å². The van der Waals surface area contributed by atoms with E-state index in [2.05, 4.69) is 19.2 Å². The lowest BCUT2D eigenvalue weighted by Gasteiger charge is -2.18. The molecule has 1 unspecified atom stereocenters. The van der Waals surface area contributed by atoms with Crippen molar-refractivity contribution in [3.05, 3.63) is 34.9 Å². The molecule has 1 aliphatic rings. The quantitative estimate of drug-likeness (QED) is 0.793. The maximum atomic E-state index is 11.9. The Morgan fingerprint density at radius 3 is 2.53 bits per heavy atom. The summed E-state index contributed by atoms with van der Waals surface area (Å²) < 4.78 is 0. The molecular formula is C16H21NO2. The van der Waals surface area contributed by atoms with Crippen molar-refractivity contribution in [3.63, 3.8) is 0 Å². The molecule has 1 aliphatic heterocycles. The predicted molar refractivity (Wildman–Crippen MR) is 75.4 cm³/mol. The molecule has 0 saturated carbocycles. The van der Waals surface area contributed by atoms with Crippen LogP contribution in [0.15, 0.2) is 18.2 Å². The van der Waals surface area contributed by atoms with Crippen molar-refractivity contribution in [2.75, 3.05) is 0 Å². The van der Waals surface area contributed by atoms with E-state index in [4.69, 9.17) is 0 Å². The monoisotopic (exact) mass is 259 g/mol. The van der Waals surface area contributed by atoms with E-state index in [-0.39, 0.29) is 11.8 Å². The number of amides is 2. The van der Waals surface area contributed by atoms with Crippen molar-refractivity contribution >= 4 is 11.8 Å². The van der Waals surface area contributed by atoms with Crippen LogP contribution in [0.1, 0.15) is 78.1 Å². The topological polar surface area (TPSA) is 46.2 Å². The van der Waals surface area contributed by atoms with Gasteiger partial charge in [0.05, 0.1) is 11.1 Å². The number of hydrogen-bond acceptors (Lipinski definition) is 2. The molecule has 0 fully saturated rings. The second-order valence-electron chi connectivity index (χ2n) is 5.18. The van der Waals surface area contributed by atoms with Gasteiger partial charge >= 0.3 is 0 Å². The van der Waals surface area contributed by atoms with Gasteiger partial charge in [0, 0.05) is 0 Å². The van der Waals surface area contributed by atoms with Crippen molar-refractivity contribution in [1.29, 1.82) is 0 Å². The van der Waals surface area contributed by atoms with Crippen molar-refractivity contribution in [1.82, 2.24) is 5.32 Å². The molecule has 0 spiro atoms. The third-order valence-electron chi connectivity index (χ3n) is 3.78. The van der Waals surface area contributed by atoms with Gasteiger partial charge in [0.2, 0.25) is 0 Å². The lowest BCUT2D eigenvalue weighted by atomic mass is 9.85. The van der Waals surface area contributed by atoms with Crippen LogP contribution in [0.2, 0.25) is 0 Å². The van der Waals surface area contributed by atoms with Crippen molar-refractivity contribution in [2.24, 2.45) is 0 Å². The number of carbonyl (C=O) groups excluding carboxylic acids is 2. The Balaban J connectivity index is 2.38. The van der Waals surface area contributed by atoms with Crippen molar-refractivity contribution < 1.29 is 9.59 Å². The third-order valence-corrected chi connectivity index (χ3v) is 3.78. The molecule has 0 saturated heterocycles. The summed E-state index contributed by atoms with van der Waals surface area (Å²) in [5.41, 5.74) is 2.21. The van der Waals surface area contributed by atoms with Gasteiger partial charge in [0.15, 0.2) is 0 Å². The van der Waals surface area contributed by atoms with E-state index in [1.54, 1.807) is 6.07 Å². The van der Waals surface area contributed by atoms with E-state index in [0.29, 0.717) is 17.0 Å². The highest BCUT2D eigenvalue weighted by molar-refractivity contribution is 6.22. The van der Waals surface area contributed by atoms with Gasteiger partial charge in [0.25, 0.3) is 11.8 Å². The average molecular weight is 259 g/mol. The number of unbranched alkanes of at least 4 members (excludes halogenated alkanes) is 1. The first-order chi connectivity index (χ1) is 9.19. The van der Waals surface area contributed by atoms with Crippen LogP contribution in [-0.4, -0.2) is 11.8 Å². The molecule has 3 nitrogen and oxygen atoms in total.